The SMILES string of the molecule is Cn1c2ccccc2c2c1ccc1c3ccccc3n(-c3ccc(-c4cccc5c4sc4ccccc45)cc3)c12. The maximum Gasteiger partial charge on any atom is 0.0641 e. The van der Waals surface area contributed by atoms with Crippen LogP contribution in [0.3, 0.4) is 0 Å². The number of benzene rings is 6. The van der Waals surface area contributed by atoms with E-state index in [-0.39, 0.29) is 0 Å². The molecular weight excluding hydrogens is 504 g/mol. The van der Waals surface area contributed by atoms with Crippen LogP contribution in [0.1, 0.15) is 0 Å². The summed E-state index contributed by atoms with van der Waals surface area (Å²) in [6, 6.07) is 46.7. The number of thiophene rings is 1. The molecule has 3 aromatic heterocycles. The van der Waals surface area contributed by atoms with E-state index in [2.05, 4.69) is 144 Å². The summed E-state index contributed by atoms with van der Waals surface area (Å²) in [6.45, 7) is 0. The molecule has 0 amide bonds. The van der Waals surface area contributed by atoms with Crippen molar-refractivity contribution in [1.82, 2.24) is 9.13 Å². The molecule has 9 aromatic rings. The zero-order valence-electron chi connectivity index (χ0n) is 21.9. The van der Waals surface area contributed by atoms with Crippen LogP contribution in [0.25, 0.3) is 80.6 Å². The summed E-state index contributed by atoms with van der Waals surface area (Å²) in [5, 5.41) is 7.85. The molecule has 0 unspecified atom stereocenters. The van der Waals surface area contributed by atoms with Gasteiger partial charge in [-0.2, -0.15) is 0 Å². The van der Waals surface area contributed by atoms with E-state index in [4.69, 9.17) is 0 Å². The van der Waals surface area contributed by atoms with Crippen molar-refractivity contribution in [1.29, 1.82) is 0 Å². The van der Waals surface area contributed by atoms with Crippen molar-refractivity contribution in [3.05, 3.63) is 127 Å². The lowest BCUT2D eigenvalue weighted by Gasteiger charge is -2.11. The second-order valence-electron chi connectivity index (χ2n) is 10.6. The molecule has 0 saturated carbocycles. The van der Waals surface area contributed by atoms with Crippen LogP contribution in [-0.2, 0) is 7.05 Å². The molecule has 0 spiro atoms. The third-order valence-electron chi connectivity index (χ3n) is 8.55. The van der Waals surface area contributed by atoms with Crippen molar-refractivity contribution >= 4 is 75.1 Å². The van der Waals surface area contributed by atoms with Crippen molar-refractivity contribution in [2.24, 2.45) is 7.05 Å². The quantitative estimate of drug-likeness (QED) is 0.211. The molecule has 6 aromatic carbocycles. The van der Waals surface area contributed by atoms with Crippen LogP contribution in [0, 0.1) is 0 Å². The lowest BCUT2D eigenvalue weighted by molar-refractivity contribution is 1.01. The highest BCUT2D eigenvalue weighted by Crippen LogP contribution is 2.42. The van der Waals surface area contributed by atoms with Gasteiger partial charge in [0.05, 0.1) is 16.6 Å². The van der Waals surface area contributed by atoms with E-state index >= 15 is 0 Å². The Labute approximate surface area is 234 Å². The highest BCUT2D eigenvalue weighted by Gasteiger charge is 2.19. The van der Waals surface area contributed by atoms with E-state index in [1.807, 2.05) is 11.3 Å². The molecule has 3 heteroatoms. The molecule has 0 radical (unpaired) electrons. The average Bonchev–Trinajstić information content (AvgIpc) is 3.65. The van der Waals surface area contributed by atoms with Crippen molar-refractivity contribution in [3.8, 4) is 16.8 Å². The van der Waals surface area contributed by atoms with Gasteiger partial charge in [0, 0.05) is 60.0 Å². The van der Waals surface area contributed by atoms with E-state index in [0.717, 1.165) is 0 Å². The van der Waals surface area contributed by atoms with Gasteiger partial charge in [-0.3, -0.25) is 0 Å². The Bertz CT molecular complexity index is 2430. The molecule has 9 rings (SSSR count). The molecule has 40 heavy (non-hydrogen) atoms. The van der Waals surface area contributed by atoms with E-state index in [1.54, 1.807) is 0 Å². The van der Waals surface area contributed by atoms with Crippen molar-refractivity contribution in [3.63, 3.8) is 0 Å². The minimum Gasteiger partial charge on any atom is -0.344 e. The van der Waals surface area contributed by atoms with Crippen molar-refractivity contribution in [2.45, 2.75) is 0 Å². The lowest BCUT2D eigenvalue weighted by Crippen LogP contribution is -1.94. The van der Waals surface area contributed by atoms with E-state index in [9.17, 15) is 0 Å². The van der Waals surface area contributed by atoms with Gasteiger partial charge >= 0.3 is 0 Å². The van der Waals surface area contributed by atoms with Crippen LogP contribution in [0.2, 0.25) is 0 Å². The van der Waals surface area contributed by atoms with E-state index < -0.39 is 0 Å². The highest BCUT2D eigenvalue weighted by atomic mass is 32.1. The fourth-order valence-corrected chi connectivity index (χ4v) is 7.97. The summed E-state index contributed by atoms with van der Waals surface area (Å²) in [5.74, 6) is 0. The first-order valence-electron chi connectivity index (χ1n) is 13.7. The second kappa shape index (κ2) is 8.08. The fourth-order valence-electron chi connectivity index (χ4n) is 6.73. The second-order valence-corrected chi connectivity index (χ2v) is 11.7. The van der Waals surface area contributed by atoms with Gasteiger partial charge in [0.15, 0.2) is 0 Å². The minimum atomic E-state index is 1.18. The summed E-state index contributed by atoms with van der Waals surface area (Å²) in [5.41, 5.74) is 8.74. The molecule has 0 atom stereocenters. The minimum absolute atomic E-state index is 1.18. The van der Waals surface area contributed by atoms with Gasteiger partial charge in [-0.25, -0.2) is 0 Å². The fraction of sp³-hybridized carbons (Fsp3) is 0.0270. The topological polar surface area (TPSA) is 9.86 Å². The van der Waals surface area contributed by atoms with E-state index in [0.29, 0.717) is 0 Å². The average molecular weight is 529 g/mol. The Morgan fingerprint density at radius 1 is 0.500 bits per heavy atom. The first kappa shape index (κ1) is 22.0. The normalized spacial score (nSPS) is 12.1. The van der Waals surface area contributed by atoms with Gasteiger partial charge < -0.3 is 9.13 Å². The molecule has 0 fully saturated rings. The van der Waals surface area contributed by atoms with Crippen LogP contribution in [0.4, 0.5) is 0 Å². The largest absolute Gasteiger partial charge is 0.344 e. The van der Waals surface area contributed by atoms with Crippen LogP contribution in [0.15, 0.2) is 127 Å². The number of aryl methyl sites for hydroxylation is 1. The Morgan fingerprint density at radius 3 is 2.05 bits per heavy atom. The van der Waals surface area contributed by atoms with Crippen LogP contribution in [-0.4, -0.2) is 9.13 Å². The lowest BCUT2D eigenvalue weighted by atomic mass is 10.0. The number of fused-ring (bicyclic) bond motifs is 10. The van der Waals surface area contributed by atoms with E-state index in [1.165, 1.54) is 80.6 Å². The number of rotatable bonds is 2. The number of para-hydroxylation sites is 2. The molecule has 2 nitrogen and oxygen atoms in total. The van der Waals surface area contributed by atoms with Crippen molar-refractivity contribution in [2.75, 3.05) is 0 Å². The Morgan fingerprint density at radius 2 is 1.20 bits per heavy atom. The highest BCUT2D eigenvalue weighted by molar-refractivity contribution is 7.26. The van der Waals surface area contributed by atoms with Gasteiger partial charge in [-0.15, -0.1) is 11.3 Å². The van der Waals surface area contributed by atoms with Crippen LogP contribution < -0.4 is 0 Å². The molecule has 188 valence electrons. The molecule has 0 N–H and O–H groups in total. The maximum absolute atomic E-state index is 2.46. The smallest absolute Gasteiger partial charge is 0.0641 e. The number of aromatic nitrogens is 2. The van der Waals surface area contributed by atoms with Gasteiger partial charge in [0.1, 0.15) is 0 Å². The molecule has 0 saturated heterocycles. The molecule has 0 bridgehead atoms. The van der Waals surface area contributed by atoms with Gasteiger partial charge in [0.25, 0.3) is 0 Å². The van der Waals surface area contributed by atoms with Crippen molar-refractivity contribution < 1.29 is 0 Å². The van der Waals surface area contributed by atoms with Crippen LogP contribution >= 0.6 is 11.3 Å². The maximum atomic E-state index is 2.46. The Hall–Kier alpha value is -4.86. The monoisotopic (exact) mass is 528 g/mol. The number of nitrogens with zero attached hydrogens (tertiary/aromatic N) is 2. The third kappa shape index (κ3) is 2.87. The molecular formula is C37H24N2S. The summed E-state index contributed by atoms with van der Waals surface area (Å²) >= 11 is 1.89. The summed E-state index contributed by atoms with van der Waals surface area (Å²) < 4.78 is 7.47. The number of hydrogen-bond acceptors (Lipinski definition) is 1. The Kier molecular flexibility index (Phi) is 4.44. The standard InChI is InChI=1S/C37H24N2S/c1-38-31-14-5-3-11-30(31)35-33(38)22-21-28-26-9-2-6-15-32(26)39(36(28)35)24-19-17-23(18-20-24)25-12-8-13-29-27-10-4-7-16-34(27)40-37(25)29/h2-22H,1H3. The molecule has 0 aliphatic heterocycles. The molecule has 0 aliphatic rings. The number of hydrogen-bond donors (Lipinski definition) is 0. The molecule has 0 aliphatic carbocycles. The van der Waals surface area contributed by atoms with Gasteiger partial charge in [0.2, 0.25) is 0 Å². The zero-order chi connectivity index (χ0) is 26.4. The Balaban J connectivity index is 1.32. The summed E-state index contributed by atoms with van der Waals surface area (Å²) in [6.07, 6.45) is 0. The summed E-state index contributed by atoms with van der Waals surface area (Å²) in [4.78, 5) is 0. The first-order chi connectivity index (χ1) is 19.8. The zero-order valence-corrected chi connectivity index (χ0v) is 22.7. The first-order valence-corrected chi connectivity index (χ1v) is 14.5. The molecule has 3 heterocycles. The predicted molar refractivity (Wildman–Crippen MR) is 173 cm³/mol. The van der Waals surface area contributed by atoms with Crippen LogP contribution in [0.5, 0.6) is 0 Å². The van der Waals surface area contributed by atoms with Gasteiger partial charge in [-0.1, -0.05) is 91.0 Å². The third-order valence-corrected chi connectivity index (χ3v) is 9.77. The summed E-state index contributed by atoms with van der Waals surface area (Å²) in [7, 11) is 2.17. The van der Waals surface area contributed by atoms with Gasteiger partial charge in [-0.05, 0) is 47.5 Å². The predicted octanol–water partition coefficient (Wildman–Crippen LogP) is 10.5.